The first-order valence-electron chi connectivity index (χ1n) is 11.3. The van der Waals surface area contributed by atoms with Gasteiger partial charge >= 0.3 is 18.2 Å². The molecule has 35 heavy (non-hydrogen) atoms. The topological polar surface area (TPSA) is 186 Å². The number of amidine groups is 1. The molecule has 0 aromatic rings. The first-order chi connectivity index (χ1) is 16.1. The summed E-state index contributed by atoms with van der Waals surface area (Å²) in [4.78, 5) is 54.0. The molecule has 0 spiro atoms. The highest BCUT2D eigenvalue weighted by atomic mass is 16.6. The van der Waals surface area contributed by atoms with Crippen molar-refractivity contribution in [2.75, 3.05) is 13.1 Å². The minimum atomic E-state index is -0.859. The van der Waals surface area contributed by atoms with E-state index < -0.39 is 41.4 Å². The van der Waals surface area contributed by atoms with E-state index in [0.717, 1.165) is 0 Å². The number of ether oxygens (including phenoxy) is 2. The average molecular weight is 498 g/mol. The predicted octanol–water partition coefficient (Wildman–Crippen LogP) is 1.53. The number of hydrogen-bond acceptors (Lipinski definition) is 9. The second kappa shape index (κ2) is 10.9. The van der Waals surface area contributed by atoms with E-state index >= 15 is 0 Å². The SMILES string of the molecule is CC(C)(C)OC(=O)NC(=NCCC(=O)NC(=N)[C@@H]1CC[C@@H]2CN1C(=O)N2O)NC(=O)OC(C)(C)C. The normalized spacial score (nSPS) is 19.6. The van der Waals surface area contributed by atoms with E-state index in [4.69, 9.17) is 14.9 Å². The smallest absolute Gasteiger partial charge is 0.414 e. The highest BCUT2D eigenvalue weighted by Gasteiger charge is 2.45. The summed E-state index contributed by atoms with van der Waals surface area (Å²) >= 11 is 0. The predicted molar refractivity (Wildman–Crippen MR) is 124 cm³/mol. The fourth-order valence-corrected chi connectivity index (χ4v) is 3.43. The molecule has 5 amide bonds. The molecule has 2 fully saturated rings. The fourth-order valence-electron chi connectivity index (χ4n) is 3.43. The van der Waals surface area contributed by atoms with Gasteiger partial charge in [0.05, 0.1) is 18.6 Å². The van der Waals surface area contributed by atoms with Gasteiger partial charge in [0.25, 0.3) is 0 Å². The lowest BCUT2D eigenvalue weighted by molar-refractivity contribution is -0.119. The Balaban J connectivity index is 1.94. The van der Waals surface area contributed by atoms with Gasteiger partial charge in [-0.25, -0.2) is 19.4 Å². The van der Waals surface area contributed by atoms with Crippen LogP contribution in [0.5, 0.6) is 0 Å². The number of carbonyl (C=O) groups is 4. The molecule has 196 valence electrons. The Bertz CT molecular complexity index is 859. The quantitative estimate of drug-likeness (QED) is 0.221. The Labute approximate surface area is 203 Å². The van der Waals surface area contributed by atoms with Crippen LogP contribution in [-0.4, -0.2) is 87.5 Å². The molecular weight excluding hydrogens is 462 g/mol. The largest absolute Gasteiger partial charge is 0.444 e. The maximum Gasteiger partial charge on any atom is 0.414 e. The van der Waals surface area contributed by atoms with Crippen molar-refractivity contribution in [3.8, 4) is 0 Å². The van der Waals surface area contributed by atoms with Crippen LogP contribution in [0.3, 0.4) is 0 Å². The van der Waals surface area contributed by atoms with Crippen LogP contribution in [0.15, 0.2) is 4.99 Å². The van der Waals surface area contributed by atoms with Crippen molar-refractivity contribution in [1.29, 1.82) is 5.41 Å². The van der Waals surface area contributed by atoms with Crippen LogP contribution < -0.4 is 16.0 Å². The van der Waals surface area contributed by atoms with E-state index in [9.17, 15) is 24.4 Å². The van der Waals surface area contributed by atoms with Crippen LogP contribution in [-0.2, 0) is 14.3 Å². The molecule has 0 radical (unpaired) electrons. The zero-order valence-electron chi connectivity index (χ0n) is 20.9. The van der Waals surface area contributed by atoms with Gasteiger partial charge in [-0.3, -0.25) is 31.0 Å². The van der Waals surface area contributed by atoms with Gasteiger partial charge in [0.2, 0.25) is 11.9 Å². The minimum absolute atomic E-state index is 0.139. The third-order valence-electron chi connectivity index (χ3n) is 4.80. The molecular formula is C21H35N7O7. The Morgan fingerprint density at radius 3 is 2.09 bits per heavy atom. The lowest BCUT2D eigenvalue weighted by Crippen LogP contribution is -2.50. The molecule has 0 aromatic heterocycles. The van der Waals surface area contributed by atoms with E-state index in [1.165, 1.54) is 4.90 Å². The van der Waals surface area contributed by atoms with Crippen LogP contribution in [0, 0.1) is 5.41 Å². The van der Waals surface area contributed by atoms with Crippen LogP contribution in [0.4, 0.5) is 14.4 Å². The van der Waals surface area contributed by atoms with Gasteiger partial charge < -0.3 is 19.7 Å². The van der Waals surface area contributed by atoms with Gasteiger partial charge in [-0.05, 0) is 54.4 Å². The van der Waals surface area contributed by atoms with Crippen molar-refractivity contribution in [3.63, 3.8) is 0 Å². The Morgan fingerprint density at radius 1 is 1.03 bits per heavy atom. The van der Waals surface area contributed by atoms with Gasteiger partial charge in [0.15, 0.2) is 0 Å². The molecule has 0 aliphatic carbocycles. The molecule has 0 saturated carbocycles. The molecule has 2 aliphatic rings. The van der Waals surface area contributed by atoms with Gasteiger partial charge in [-0.1, -0.05) is 0 Å². The number of urea groups is 1. The van der Waals surface area contributed by atoms with Crippen molar-refractivity contribution >= 4 is 35.9 Å². The van der Waals surface area contributed by atoms with Crippen LogP contribution in [0.1, 0.15) is 60.8 Å². The third-order valence-corrected chi connectivity index (χ3v) is 4.80. The lowest BCUT2D eigenvalue weighted by atomic mass is 10.00. The lowest BCUT2D eigenvalue weighted by Gasteiger charge is -2.30. The van der Waals surface area contributed by atoms with E-state index in [0.29, 0.717) is 24.4 Å². The number of guanidine groups is 1. The van der Waals surface area contributed by atoms with Crippen molar-refractivity contribution in [2.24, 2.45) is 4.99 Å². The number of nitrogens with zero attached hydrogens (tertiary/aromatic N) is 3. The Morgan fingerprint density at radius 2 is 1.57 bits per heavy atom. The van der Waals surface area contributed by atoms with Gasteiger partial charge in [0.1, 0.15) is 17.0 Å². The molecule has 0 unspecified atom stereocenters. The summed E-state index contributed by atoms with van der Waals surface area (Å²) in [7, 11) is 0. The molecule has 5 N–H and O–H groups in total. The highest BCUT2D eigenvalue weighted by molar-refractivity contribution is 6.02. The average Bonchev–Trinajstić information content (AvgIpc) is 2.88. The van der Waals surface area contributed by atoms with Gasteiger partial charge in [-0.2, -0.15) is 0 Å². The Kier molecular flexibility index (Phi) is 8.65. The zero-order chi connectivity index (χ0) is 26.6. The fraction of sp³-hybridized carbons (Fsp3) is 0.714. The minimum Gasteiger partial charge on any atom is -0.444 e. The standard InChI is InChI=1S/C21H35N7O7/c1-20(2,3)34-17(30)25-16(26-18(31)35-21(4,5)6)23-10-9-14(29)24-15(22)13-8-7-12-11-27(13)19(32)28(12)33/h12-13,33H,7-11H2,1-6H3,(H2,22,24,29)(H2,23,25,26,30,31)/t12-,13+/m1/s1. The van der Waals surface area contributed by atoms with E-state index in [2.05, 4.69) is 20.9 Å². The number of nitrogens with one attached hydrogen (secondary N) is 4. The number of hydroxylamine groups is 2. The van der Waals surface area contributed by atoms with E-state index in [-0.39, 0.29) is 30.8 Å². The highest BCUT2D eigenvalue weighted by Crippen LogP contribution is 2.28. The summed E-state index contributed by atoms with van der Waals surface area (Å²) in [5, 5.41) is 25.7. The summed E-state index contributed by atoms with van der Waals surface area (Å²) in [6.07, 6.45) is -0.936. The number of alkyl carbamates (subject to hydrolysis) is 2. The second-order valence-electron chi connectivity index (χ2n) is 10.2. The zero-order valence-corrected chi connectivity index (χ0v) is 20.9. The number of hydrogen-bond donors (Lipinski definition) is 5. The summed E-state index contributed by atoms with van der Waals surface area (Å²) in [6, 6.07) is -1.53. The molecule has 14 nitrogen and oxygen atoms in total. The van der Waals surface area contributed by atoms with Gasteiger partial charge in [-0.15, -0.1) is 0 Å². The van der Waals surface area contributed by atoms with Crippen molar-refractivity contribution in [2.45, 2.75) is 84.1 Å². The summed E-state index contributed by atoms with van der Waals surface area (Å²) < 4.78 is 10.3. The molecule has 2 rings (SSSR count). The number of carbonyl (C=O) groups excluding carboxylic acids is 4. The van der Waals surface area contributed by atoms with E-state index in [1.54, 1.807) is 41.5 Å². The molecule has 14 heteroatoms. The number of fused-ring (bicyclic) bond motifs is 2. The summed E-state index contributed by atoms with van der Waals surface area (Å²) in [6.45, 7) is 10.2. The molecule has 2 heterocycles. The first-order valence-corrected chi connectivity index (χ1v) is 11.3. The number of rotatable bonds is 4. The van der Waals surface area contributed by atoms with Crippen LogP contribution in [0.2, 0.25) is 0 Å². The maximum absolute atomic E-state index is 12.3. The third kappa shape index (κ3) is 8.70. The molecule has 0 aromatic carbocycles. The number of aliphatic imine (C=N–C) groups is 1. The molecule has 2 bridgehead atoms. The first kappa shape index (κ1) is 27.8. The second-order valence-corrected chi connectivity index (χ2v) is 10.2. The molecule has 2 aliphatic heterocycles. The monoisotopic (exact) mass is 497 g/mol. The van der Waals surface area contributed by atoms with Gasteiger partial charge in [0, 0.05) is 13.0 Å². The van der Waals surface area contributed by atoms with Crippen molar-refractivity contribution in [1.82, 2.24) is 25.9 Å². The summed E-state index contributed by atoms with van der Waals surface area (Å²) in [5.41, 5.74) is -1.57. The molecule has 2 saturated heterocycles. The van der Waals surface area contributed by atoms with E-state index in [1.807, 2.05) is 0 Å². The number of amides is 5. The molecule has 2 atom stereocenters. The Hall–Kier alpha value is -3.42. The van der Waals surface area contributed by atoms with Crippen LogP contribution in [0.25, 0.3) is 0 Å². The number of piperidine rings is 1. The summed E-state index contributed by atoms with van der Waals surface area (Å²) in [5.74, 6) is -0.956. The maximum atomic E-state index is 12.3. The van der Waals surface area contributed by atoms with Crippen LogP contribution >= 0.6 is 0 Å². The van der Waals surface area contributed by atoms with Crippen molar-refractivity contribution in [3.05, 3.63) is 0 Å². The van der Waals surface area contributed by atoms with Crippen molar-refractivity contribution < 1.29 is 33.9 Å².